The largest absolute Gasteiger partial charge is 0.343 e. The Balaban J connectivity index is 2.51. The lowest BCUT2D eigenvalue weighted by Gasteiger charge is -2.42. The van der Waals surface area contributed by atoms with Gasteiger partial charge >= 0.3 is 0 Å². The fourth-order valence-electron chi connectivity index (χ4n) is 5.99. The summed E-state index contributed by atoms with van der Waals surface area (Å²) in [6, 6.07) is 0. The number of aryl methyl sites for hydroxylation is 4. The summed E-state index contributed by atoms with van der Waals surface area (Å²) in [5.74, 6) is 0. The Hall–Kier alpha value is -2.02. The summed E-state index contributed by atoms with van der Waals surface area (Å²) >= 11 is 0. The fraction of sp³-hybridized carbons (Fsp3) is 0.548. The molecule has 1 heterocycles. The van der Waals surface area contributed by atoms with E-state index in [4.69, 9.17) is 0 Å². The minimum atomic E-state index is 0.0879. The first-order chi connectivity index (χ1) is 14.5. The van der Waals surface area contributed by atoms with Crippen LogP contribution in [0.4, 0.5) is 0 Å². The second kappa shape index (κ2) is 7.51. The SMILES string of the molecule is Cc1c(C)c(C(C)(C)C(C)(C)C)c(C)c(C)c1-c1c(C)c2c(C)c(C)c(C)c(C)c2n1C. The summed E-state index contributed by atoms with van der Waals surface area (Å²) in [6.45, 7) is 32.8. The molecule has 0 saturated carbocycles. The fourth-order valence-corrected chi connectivity index (χ4v) is 5.99. The van der Waals surface area contributed by atoms with E-state index in [0.717, 1.165) is 0 Å². The molecule has 1 heteroatoms. The van der Waals surface area contributed by atoms with Gasteiger partial charge in [-0.15, -0.1) is 0 Å². The summed E-state index contributed by atoms with van der Waals surface area (Å²) < 4.78 is 2.47. The molecule has 0 radical (unpaired) electrons. The third-order valence-corrected chi connectivity index (χ3v) is 9.42. The number of aromatic nitrogens is 1. The second-order valence-electron chi connectivity index (χ2n) is 11.9. The Morgan fingerprint density at radius 1 is 0.500 bits per heavy atom. The molecule has 0 spiro atoms. The molecule has 0 aliphatic carbocycles. The lowest BCUT2D eigenvalue weighted by atomic mass is 9.62. The molecule has 1 nitrogen and oxygen atoms in total. The topological polar surface area (TPSA) is 4.93 Å². The summed E-state index contributed by atoms with van der Waals surface area (Å²) in [6.07, 6.45) is 0. The Kier molecular flexibility index (Phi) is 5.77. The van der Waals surface area contributed by atoms with Crippen LogP contribution in [0.1, 0.15) is 90.3 Å². The van der Waals surface area contributed by atoms with Crippen LogP contribution in [-0.2, 0) is 12.5 Å². The number of nitrogens with zero attached hydrogens (tertiary/aromatic N) is 1. The first-order valence-electron chi connectivity index (χ1n) is 12.1. The van der Waals surface area contributed by atoms with Gasteiger partial charge in [0.25, 0.3) is 0 Å². The Bertz CT molecular complexity index is 1170. The molecule has 174 valence electrons. The highest BCUT2D eigenvalue weighted by atomic mass is 15.0. The van der Waals surface area contributed by atoms with E-state index in [1.54, 1.807) is 0 Å². The van der Waals surface area contributed by atoms with E-state index < -0.39 is 0 Å². The number of hydrogen-bond donors (Lipinski definition) is 0. The van der Waals surface area contributed by atoms with Crippen molar-refractivity contribution in [3.05, 3.63) is 55.6 Å². The normalized spacial score (nSPS) is 12.8. The lowest BCUT2D eigenvalue weighted by Crippen LogP contribution is -2.36. The van der Waals surface area contributed by atoms with Crippen molar-refractivity contribution in [3.8, 4) is 11.3 Å². The van der Waals surface area contributed by atoms with Crippen LogP contribution < -0.4 is 0 Å². The van der Waals surface area contributed by atoms with Crippen molar-refractivity contribution in [2.24, 2.45) is 12.5 Å². The van der Waals surface area contributed by atoms with Gasteiger partial charge < -0.3 is 4.57 Å². The number of hydrogen-bond acceptors (Lipinski definition) is 0. The van der Waals surface area contributed by atoms with E-state index in [1.165, 1.54) is 77.8 Å². The van der Waals surface area contributed by atoms with Crippen LogP contribution in [0.2, 0.25) is 0 Å². The van der Waals surface area contributed by atoms with Crippen molar-refractivity contribution >= 4 is 10.9 Å². The van der Waals surface area contributed by atoms with Gasteiger partial charge in [-0.3, -0.25) is 0 Å². The van der Waals surface area contributed by atoms with Crippen molar-refractivity contribution in [2.75, 3.05) is 0 Å². The highest BCUT2D eigenvalue weighted by molar-refractivity contribution is 5.98. The molecular weight excluding hydrogens is 386 g/mol. The molecule has 2 aromatic carbocycles. The van der Waals surface area contributed by atoms with E-state index in [2.05, 4.69) is 109 Å². The van der Waals surface area contributed by atoms with Crippen LogP contribution in [0.5, 0.6) is 0 Å². The van der Waals surface area contributed by atoms with E-state index in [1.807, 2.05) is 0 Å². The number of fused-ring (bicyclic) bond motifs is 1. The summed E-state index contributed by atoms with van der Waals surface area (Å²) in [7, 11) is 2.27. The van der Waals surface area contributed by atoms with Crippen molar-refractivity contribution in [1.29, 1.82) is 0 Å². The zero-order valence-electron chi connectivity index (χ0n) is 23.4. The summed E-state index contributed by atoms with van der Waals surface area (Å²) in [5.41, 5.74) is 18.9. The van der Waals surface area contributed by atoms with E-state index in [0.29, 0.717) is 0 Å². The molecule has 0 atom stereocenters. The van der Waals surface area contributed by atoms with Crippen molar-refractivity contribution in [1.82, 2.24) is 4.57 Å². The van der Waals surface area contributed by atoms with Gasteiger partial charge in [0.15, 0.2) is 0 Å². The zero-order valence-corrected chi connectivity index (χ0v) is 23.4. The van der Waals surface area contributed by atoms with Gasteiger partial charge in [0.2, 0.25) is 0 Å². The van der Waals surface area contributed by atoms with Crippen LogP contribution in [0.25, 0.3) is 22.2 Å². The van der Waals surface area contributed by atoms with Gasteiger partial charge in [-0.2, -0.15) is 0 Å². The lowest BCUT2D eigenvalue weighted by molar-refractivity contribution is 0.223. The molecule has 0 amide bonds. The third kappa shape index (κ3) is 3.11. The average Bonchev–Trinajstić information content (AvgIpc) is 2.93. The van der Waals surface area contributed by atoms with Crippen LogP contribution in [-0.4, -0.2) is 4.57 Å². The molecule has 3 aromatic rings. The molecule has 0 aliphatic rings. The molecule has 1 aromatic heterocycles. The van der Waals surface area contributed by atoms with Crippen LogP contribution in [0.15, 0.2) is 0 Å². The summed E-state index contributed by atoms with van der Waals surface area (Å²) in [5, 5.41) is 1.44. The third-order valence-electron chi connectivity index (χ3n) is 9.42. The first-order valence-corrected chi connectivity index (χ1v) is 12.1. The van der Waals surface area contributed by atoms with Gasteiger partial charge in [0.05, 0.1) is 11.2 Å². The van der Waals surface area contributed by atoms with Crippen molar-refractivity contribution < 1.29 is 0 Å². The molecule has 32 heavy (non-hydrogen) atoms. The average molecular weight is 432 g/mol. The molecule has 0 saturated heterocycles. The standard InChI is InChI=1S/C31H45N/c1-16-17(2)23(8)28-26(18(16)3)24(9)29(32(28)15)25-19(4)21(6)27(22(7)20(25)5)31(13,14)30(10,11)12/h1-15H3. The van der Waals surface area contributed by atoms with Crippen LogP contribution in [0, 0.1) is 67.7 Å². The second-order valence-corrected chi connectivity index (χ2v) is 11.9. The van der Waals surface area contributed by atoms with Gasteiger partial charge in [0.1, 0.15) is 0 Å². The molecule has 0 N–H and O–H groups in total. The maximum Gasteiger partial charge on any atom is 0.0524 e. The monoisotopic (exact) mass is 431 g/mol. The smallest absolute Gasteiger partial charge is 0.0524 e. The van der Waals surface area contributed by atoms with Crippen LogP contribution in [0.3, 0.4) is 0 Å². The summed E-state index contributed by atoms with van der Waals surface area (Å²) in [4.78, 5) is 0. The maximum atomic E-state index is 2.47. The van der Waals surface area contributed by atoms with Gasteiger partial charge in [-0.25, -0.2) is 0 Å². The predicted molar refractivity (Wildman–Crippen MR) is 143 cm³/mol. The zero-order chi connectivity index (χ0) is 24.7. The maximum absolute atomic E-state index is 2.47. The van der Waals surface area contributed by atoms with Gasteiger partial charge in [-0.1, -0.05) is 34.6 Å². The molecule has 0 fully saturated rings. The highest BCUT2D eigenvalue weighted by Crippen LogP contribution is 2.48. The minimum Gasteiger partial charge on any atom is -0.343 e. The molecule has 3 rings (SSSR count). The Labute approximate surface area is 197 Å². The van der Waals surface area contributed by atoms with Crippen molar-refractivity contribution in [2.45, 2.75) is 102 Å². The quantitative estimate of drug-likeness (QED) is 0.381. The number of benzene rings is 2. The molecule has 0 bridgehead atoms. The van der Waals surface area contributed by atoms with Crippen LogP contribution >= 0.6 is 0 Å². The van der Waals surface area contributed by atoms with E-state index in [-0.39, 0.29) is 10.8 Å². The Morgan fingerprint density at radius 3 is 1.38 bits per heavy atom. The molecule has 0 aliphatic heterocycles. The Morgan fingerprint density at radius 2 is 0.938 bits per heavy atom. The van der Waals surface area contributed by atoms with Crippen molar-refractivity contribution in [3.63, 3.8) is 0 Å². The van der Waals surface area contributed by atoms with E-state index >= 15 is 0 Å². The predicted octanol–water partition coefficient (Wildman–Crippen LogP) is 8.94. The minimum absolute atomic E-state index is 0.0879. The van der Waals surface area contributed by atoms with Gasteiger partial charge in [-0.05, 0) is 129 Å². The highest BCUT2D eigenvalue weighted by Gasteiger charge is 2.38. The number of rotatable bonds is 2. The van der Waals surface area contributed by atoms with E-state index in [9.17, 15) is 0 Å². The van der Waals surface area contributed by atoms with Gasteiger partial charge in [0, 0.05) is 18.0 Å². The molecular formula is C31H45N. The first kappa shape index (κ1) is 24.6. The molecule has 0 unspecified atom stereocenters.